The third-order valence-corrected chi connectivity index (χ3v) is 5.50. The van der Waals surface area contributed by atoms with Crippen LogP contribution in [0.1, 0.15) is 24.8 Å². The molecule has 3 saturated carbocycles. The summed E-state index contributed by atoms with van der Waals surface area (Å²) in [4.78, 5) is 16.6. The van der Waals surface area contributed by atoms with Crippen molar-refractivity contribution in [3.63, 3.8) is 0 Å². The largest absolute Gasteiger partial charge is 0.280 e. The maximum atomic E-state index is 12.3. The Labute approximate surface area is 121 Å². The molecule has 20 heavy (non-hydrogen) atoms. The number of hydrogen-bond donors (Lipinski definition) is 1. The molecule has 3 aliphatic carbocycles. The van der Waals surface area contributed by atoms with E-state index >= 15 is 0 Å². The van der Waals surface area contributed by atoms with Crippen LogP contribution in [0.25, 0.3) is 10.2 Å². The topological polar surface area (TPSA) is 45.2 Å². The number of nitrogens with zero attached hydrogens (tertiary/aromatic N) is 2. The molecule has 1 aromatic heterocycles. The maximum absolute atomic E-state index is 12.3. The van der Waals surface area contributed by atoms with E-state index in [-0.39, 0.29) is 11.3 Å². The van der Waals surface area contributed by atoms with Crippen molar-refractivity contribution >= 4 is 27.5 Å². The van der Waals surface area contributed by atoms with Crippen LogP contribution in [0.5, 0.6) is 0 Å². The second kappa shape index (κ2) is 4.27. The van der Waals surface area contributed by atoms with Crippen LogP contribution in [-0.4, -0.2) is 22.9 Å². The Kier molecular flexibility index (Phi) is 2.62. The van der Waals surface area contributed by atoms with Crippen LogP contribution in [0.15, 0.2) is 23.7 Å². The number of benzene rings is 1. The molecule has 2 bridgehead atoms. The van der Waals surface area contributed by atoms with Crippen molar-refractivity contribution in [1.29, 1.82) is 0 Å². The zero-order valence-electron chi connectivity index (χ0n) is 11.4. The van der Waals surface area contributed by atoms with Gasteiger partial charge in [0.15, 0.2) is 0 Å². The average Bonchev–Trinajstić information content (AvgIpc) is 2.79. The van der Waals surface area contributed by atoms with E-state index in [1.54, 1.807) is 16.3 Å². The van der Waals surface area contributed by atoms with Gasteiger partial charge < -0.3 is 0 Å². The van der Waals surface area contributed by atoms with Gasteiger partial charge in [-0.05, 0) is 42.9 Å². The highest BCUT2D eigenvalue weighted by atomic mass is 32.1. The summed E-state index contributed by atoms with van der Waals surface area (Å²) < 4.78 is 1.19. The van der Waals surface area contributed by atoms with Crippen LogP contribution in [0, 0.1) is 11.3 Å². The first-order valence-electron chi connectivity index (χ1n) is 7.00. The Morgan fingerprint density at radius 2 is 2.30 bits per heavy atom. The molecular formula is C15H17N3OS. The minimum atomic E-state index is -0.00591. The number of hydrogen-bond acceptors (Lipinski definition) is 4. The fraction of sp³-hybridized carbons (Fsp3) is 0.467. The summed E-state index contributed by atoms with van der Waals surface area (Å²) in [6.07, 6.45) is 3.31. The summed E-state index contributed by atoms with van der Waals surface area (Å²) in [7, 11) is 1.84. The lowest BCUT2D eigenvalue weighted by atomic mass is 9.44. The predicted octanol–water partition coefficient (Wildman–Crippen LogP) is 2.56. The van der Waals surface area contributed by atoms with Gasteiger partial charge in [0.1, 0.15) is 0 Å². The van der Waals surface area contributed by atoms with Crippen molar-refractivity contribution in [2.45, 2.75) is 25.8 Å². The van der Waals surface area contributed by atoms with Gasteiger partial charge in [0.05, 0.1) is 21.1 Å². The summed E-state index contributed by atoms with van der Waals surface area (Å²) in [5, 5.41) is 1.69. The van der Waals surface area contributed by atoms with Gasteiger partial charge in [0, 0.05) is 13.6 Å². The van der Waals surface area contributed by atoms with Crippen molar-refractivity contribution in [3.05, 3.63) is 29.3 Å². The van der Waals surface area contributed by atoms with Crippen molar-refractivity contribution in [3.8, 4) is 0 Å². The fourth-order valence-electron chi connectivity index (χ4n) is 3.39. The first-order valence-corrected chi connectivity index (χ1v) is 7.88. The van der Waals surface area contributed by atoms with Gasteiger partial charge in [0.25, 0.3) is 0 Å². The molecule has 0 atom stereocenters. The Bertz CT molecular complexity index is 664. The number of aromatic nitrogens is 1. The SMILES string of the molecule is CN(NCc1ccc2ncsc2c1)C(=O)C12CC(C1)C2. The molecule has 1 N–H and O–H groups in total. The summed E-state index contributed by atoms with van der Waals surface area (Å²) in [6.45, 7) is 0.676. The van der Waals surface area contributed by atoms with Crippen molar-refractivity contribution in [2.24, 2.45) is 11.3 Å². The van der Waals surface area contributed by atoms with Crippen LogP contribution >= 0.6 is 11.3 Å². The third kappa shape index (κ3) is 1.77. The van der Waals surface area contributed by atoms with Crippen LogP contribution < -0.4 is 5.43 Å². The zero-order chi connectivity index (χ0) is 13.7. The standard InChI is InChI=1S/C15H17N3OS/c1-18(14(19)15-5-11(6-15)7-15)17-8-10-2-3-12-13(4-10)20-9-16-12/h2-4,9,11,17H,5-8H2,1H3. The number of carbonyl (C=O) groups is 1. The molecule has 1 amide bonds. The second-order valence-electron chi connectivity index (χ2n) is 6.11. The van der Waals surface area contributed by atoms with Gasteiger partial charge in [-0.1, -0.05) is 6.07 Å². The molecule has 5 heteroatoms. The second-order valence-corrected chi connectivity index (χ2v) is 7.00. The highest BCUT2D eigenvalue weighted by molar-refractivity contribution is 7.16. The van der Waals surface area contributed by atoms with Gasteiger partial charge >= 0.3 is 0 Å². The van der Waals surface area contributed by atoms with E-state index in [4.69, 9.17) is 0 Å². The first-order chi connectivity index (χ1) is 9.66. The first kappa shape index (κ1) is 12.3. The molecule has 3 fully saturated rings. The number of hydrazine groups is 1. The van der Waals surface area contributed by atoms with Gasteiger partial charge in [-0.25, -0.2) is 10.4 Å². The van der Waals surface area contributed by atoms with E-state index in [1.165, 1.54) is 10.3 Å². The Balaban J connectivity index is 1.40. The highest BCUT2D eigenvalue weighted by Crippen LogP contribution is 2.64. The molecule has 1 aromatic carbocycles. The molecule has 1 heterocycles. The van der Waals surface area contributed by atoms with Crippen molar-refractivity contribution in [2.75, 3.05) is 7.05 Å². The number of amides is 1. The van der Waals surface area contributed by atoms with Crippen molar-refractivity contribution in [1.82, 2.24) is 15.4 Å². The lowest BCUT2D eigenvalue weighted by molar-refractivity contribution is -0.178. The lowest BCUT2D eigenvalue weighted by Gasteiger charge is -2.60. The molecule has 2 aromatic rings. The fourth-order valence-corrected chi connectivity index (χ4v) is 4.13. The summed E-state index contributed by atoms with van der Waals surface area (Å²) >= 11 is 1.65. The maximum Gasteiger partial charge on any atom is 0.242 e. The number of fused-ring (bicyclic) bond motifs is 1. The molecule has 3 aliphatic rings. The summed E-state index contributed by atoms with van der Waals surface area (Å²) in [5.41, 5.74) is 7.30. The van der Waals surface area contributed by atoms with E-state index in [0.29, 0.717) is 6.54 Å². The van der Waals surface area contributed by atoms with Gasteiger partial charge in [0.2, 0.25) is 5.91 Å². The summed E-state index contributed by atoms with van der Waals surface area (Å²) in [6, 6.07) is 6.24. The van der Waals surface area contributed by atoms with E-state index in [2.05, 4.69) is 22.5 Å². The summed E-state index contributed by atoms with van der Waals surface area (Å²) in [5.74, 6) is 1.10. The third-order valence-electron chi connectivity index (χ3n) is 4.71. The average molecular weight is 287 g/mol. The van der Waals surface area contributed by atoms with Crippen LogP contribution in [-0.2, 0) is 11.3 Å². The number of rotatable bonds is 4. The predicted molar refractivity (Wildman–Crippen MR) is 79.0 cm³/mol. The van der Waals surface area contributed by atoms with E-state index < -0.39 is 0 Å². The molecule has 0 unspecified atom stereocenters. The normalized spacial score (nSPS) is 26.9. The quantitative estimate of drug-likeness (QED) is 0.879. The van der Waals surface area contributed by atoms with Crippen LogP contribution in [0.3, 0.4) is 0 Å². The zero-order valence-corrected chi connectivity index (χ0v) is 12.2. The molecule has 0 radical (unpaired) electrons. The van der Waals surface area contributed by atoms with Crippen molar-refractivity contribution < 1.29 is 4.79 Å². The Morgan fingerprint density at radius 1 is 1.50 bits per heavy atom. The highest BCUT2D eigenvalue weighted by Gasteiger charge is 2.62. The number of nitrogens with one attached hydrogen (secondary N) is 1. The number of thiazole rings is 1. The molecular weight excluding hydrogens is 270 g/mol. The van der Waals surface area contributed by atoms with Crippen LogP contribution in [0.4, 0.5) is 0 Å². The Morgan fingerprint density at radius 3 is 3.00 bits per heavy atom. The molecule has 0 saturated heterocycles. The molecule has 0 aliphatic heterocycles. The lowest BCUT2D eigenvalue weighted by Crippen LogP contribution is -2.62. The minimum Gasteiger partial charge on any atom is -0.280 e. The number of carbonyl (C=O) groups excluding carboxylic acids is 1. The molecule has 5 rings (SSSR count). The monoisotopic (exact) mass is 287 g/mol. The molecule has 104 valence electrons. The Hall–Kier alpha value is -1.46. The van der Waals surface area contributed by atoms with Gasteiger partial charge in [-0.15, -0.1) is 11.3 Å². The van der Waals surface area contributed by atoms with Crippen LogP contribution in [0.2, 0.25) is 0 Å². The minimum absolute atomic E-state index is 0.00591. The molecule has 4 nitrogen and oxygen atoms in total. The van der Waals surface area contributed by atoms with E-state index in [9.17, 15) is 4.79 Å². The van der Waals surface area contributed by atoms with Gasteiger partial charge in [-0.2, -0.15) is 0 Å². The smallest absolute Gasteiger partial charge is 0.242 e. The van der Waals surface area contributed by atoms with Gasteiger partial charge in [-0.3, -0.25) is 9.80 Å². The van der Waals surface area contributed by atoms with E-state index in [0.717, 1.165) is 30.7 Å². The van der Waals surface area contributed by atoms with E-state index in [1.807, 2.05) is 18.6 Å². The molecule has 0 spiro atoms.